The monoisotopic (exact) mass is 471 g/mol. The minimum atomic E-state index is -1.25. The molecule has 4 rings (SSSR count). The molecule has 162 valence electrons. The van der Waals surface area contributed by atoms with E-state index in [1.54, 1.807) is 24.3 Å². The first-order valence-electron chi connectivity index (χ1n) is 9.48. The molecule has 0 radical (unpaired) electrons. The lowest BCUT2D eigenvalue weighted by atomic mass is 9.94. The molecule has 8 heteroatoms. The minimum Gasteiger partial charge on any atom is -0.507 e. The highest BCUT2D eigenvalue weighted by Gasteiger charge is 2.48. The van der Waals surface area contributed by atoms with Gasteiger partial charge in [-0.05, 0) is 36.4 Å². The van der Waals surface area contributed by atoms with Gasteiger partial charge in [-0.25, -0.2) is 4.39 Å². The summed E-state index contributed by atoms with van der Waals surface area (Å²) < 4.78 is 20.2. The Balaban J connectivity index is 2.02. The van der Waals surface area contributed by atoms with Gasteiger partial charge in [-0.2, -0.15) is 0 Å². The summed E-state index contributed by atoms with van der Waals surface area (Å²) in [5.41, 5.74) is 0.135. The Morgan fingerprint density at radius 1 is 1.00 bits per heavy atom. The van der Waals surface area contributed by atoms with Crippen molar-refractivity contribution in [2.75, 3.05) is 12.0 Å². The first-order chi connectivity index (χ1) is 15.3. The number of halogens is 3. The number of carbonyl (C=O) groups is 2. The average Bonchev–Trinajstić information content (AvgIpc) is 3.03. The lowest BCUT2D eigenvalue weighted by Gasteiger charge is -2.26. The number of benzene rings is 3. The number of rotatable bonds is 4. The Morgan fingerprint density at radius 2 is 1.62 bits per heavy atom. The number of aliphatic hydroxyl groups is 1. The quantitative estimate of drug-likeness (QED) is 0.298. The maximum absolute atomic E-state index is 14.9. The van der Waals surface area contributed by atoms with Gasteiger partial charge in [0.05, 0.1) is 24.3 Å². The summed E-state index contributed by atoms with van der Waals surface area (Å²) >= 11 is 12.2. The van der Waals surface area contributed by atoms with Crippen LogP contribution in [-0.4, -0.2) is 23.9 Å². The molecule has 3 aromatic carbocycles. The van der Waals surface area contributed by atoms with Crippen LogP contribution < -0.4 is 9.64 Å². The number of aliphatic hydroxyl groups excluding tert-OH is 1. The number of ketones is 1. The Hall–Kier alpha value is -3.35. The van der Waals surface area contributed by atoms with Crippen molar-refractivity contribution in [2.45, 2.75) is 6.04 Å². The van der Waals surface area contributed by atoms with Gasteiger partial charge >= 0.3 is 0 Å². The van der Waals surface area contributed by atoms with Crippen LogP contribution in [0.4, 0.5) is 10.1 Å². The van der Waals surface area contributed by atoms with Crippen LogP contribution in [0.25, 0.3) is 5.76 Å². The molecule has 5 nitrogen and oxygen atoms in total. The fraction of sp³-hybridized carbons (Fsp3) is 0.0833. The van der Waals surface area contributed by atoms with E-state index in [1.807, 2.05) is 0 Å². The van der Waals surface area contributed by atoms with Gasteiger partial charge in [0.15, 0.2) is 0 Å². The van der Waals surface area contributed by atoms with Crippen LogP contribution in [0.2, 0.25) is 10.0 Å². The molecule has 1 heterocycles. The fourth-order valence-electron chi connectivity index (χ4n) is 3.75. The minimum absolute atomic E-state index is 0.0271. The van der Waals surface area contributed by atoms with E-state index in [9.17, 15) is 19.1 Å². The standard InChI is InChI=1S/C24H16Cl2FNO4/c1-32-19-9-5-3-7-17(19)22(29)20-21(16-6-2-4-8-18(16)27)28(24(31)23(20)30)15-11-13(25)10-14(26)12-15/h2-12,21,29H,1H3/b22-20+. The summed E-state index contributed by atoms with van der Waals surface area (Å²) in [5.74, 6) is -2.77. The SMILES string of the molecule is COc1ccccc1/C(O)=C1\C(=O)C(=O)N(c2cc(Cl)cc(Cl)c2)C1c1ccccc1F. The number of Topliss-reactive ketones (excluding diaryl/α,β-unsaturated/α-hetero) is 1. The summed E-state index contributed by atoms with van der Waals surface area (Å²) in [6.45, 7) is 0. The normalized spacial score (nSPS) is 17.6. The third-order valence-corrected chi connectivity index (χ3v) is 5.57. The Labute approximate surface area is 193 Å². The highest BCUT2D eigenvalue weighted by Crippen LogP contribution is 2.44. The Bertz CT molecular complexity index is 1250. The molecule has 0 spiro atoms. The molecule has 32 heavy (non-hydrogen) atoms. The highest BCUT2D eigenvalue weighted by atomic mass is 35.5. The van der Waals surface area contributed by atoms with E-state index in [-0.39, 0.29) is 38.2 Å². The molecule has 1 fully saturated rings. The summed E-state index contributed by atoms with van der Waals surface area (Å²) in [4.78, 5) is 27.3. The lowest BCUT2D eigenvalue weighted by Crippen LogP contribution is -2.29. The molecule has 0 saturated carbocycles. The van der Waals surface area contributed by atoms with Crippen LogP contribution in [0.1, 0.15) is 17.2 Å². The van der Waals surface area contributed by atoms with E-state index in [0.717, 1.165) is 4.90 Å². The molecule has 1 amide bonds. The van der Waals surface area contributed by atoms with Crippen molar-refractivity contribution in [1.82, 2.24) is 0 Å². The smallest absolute Gasteiger partial charge is 0.300 e. The number of para-hydroxylation sites is 1. The van der Waals surface area contributed by atoms with E-state index >= 15 is 0 Å². The predicted octanol–water partition coefficient (Wildman–Crippen LogP) is 5.77. The summed E-state index contributed by atoms with van der Waals surface area (Å²) in [6, 6.07) is 15.3. The molecule has 0 aliphatic carbocycles. The van der Waals surface area contributed by atoms with Gasteiger partial charge in [0.1, 0.15) is 17.3 Å². The van der Waals surface area contributed by atoms with Crippen molar-refractivity contribution in [2.24, 2.45) is 0 Å². The van der Waals surface area contributed by atoms with Crippen LogP contribution in [0.5, 0.6) is 5.75 Å². The van der Waals surface area contributed by atoms with Crippen LogP contribution in [0.15, 0.2) is 72.3 Å². The van der Waals surface area contributed by atoms with Crippen LogP contribution in [0.3, 0.4) is 0 Å². The van der Waals surface area contributed by atoms with Crippen LogP contribution in [0, 0.1) is 5.82 Å². The van der Waals surface area contributed by atoms with Gasteiger partial charge in [0.25, 0.3) is 11.7 Å². The van der Waals surface area contributed by atoms with Crippen LogP contribution >= 0.6 is 23.2 Å². The summed E-state index contributed by atoms with van der Waals surface area (Å²) in [5, 5.41) is 11.6. The molecule has 1 unspecified atom stereocenters. The maximum Gasteiger partial charge on any atom is 0.300 e. The fourth-order valence-corrected chi connectivity index (χ4v) is 4.27. The Morgan fingerprint density at radius 3 is 2.28 bits per heavy atom. The molecule has 1 atom stereocenters. The summed E-state index contributed by atoms with van der Waals surface area (Å²) in [6.07, 6.45) is 0. The molecule has 0 aromatic heterocycles. The molecule has 0 bridgehead atoms. The number of hydrogen-bond donors (Lipinski definition) is 1. The topological polar surface area (TPSA) is 66.8 Å². The van der Waals surface area contributed by atoms with Crippen molar-refractivity contribution in [3.8, 4) is 5.75 Å². The average molecular weight is 472 g/mol. The number of carbonyl (C=O) groups excluding carboxylic acids is 2. The largest absolute Gasteiger partial charge is 0.507 e. The van der Waals surface area contributed by atoms with Gasteiger partial charge < -0.3 is 9.84 Å². The number of nitrogens with zero attached hydrogens (tertiary/aromatic N) is 1. The summed E-state index contributed by atoms with van der Waals surface area (Å²) in [7, 11) is 1.41. The molecule has 3 aromatic rings. The van der Waals surface area contributed by atoms with Crippen molar-refractivity contribution in [3.63, 3.8) is 0 Å². The third kappa shape index (κ3) is 3.72. The number of methoxy groups -OCH3 is 1. The number of anilines is 1. The lowest BCUT2D eigenvalue weighted by molar-refractivity contribution is -0.132. The van der Waals surface area contributed by atoms with Crippen molar-refractivity contribution in [1.29, 1.82) is 0 Å². The van der Waals surface area contributed by atoms with E-state index in [2.05, 4.69) is 0 Å². The van der Waals surface area contributed by atoms with Crippen molar-refractivity contribution >= 4 is 46.3 Å². The molecular weight excluding hydrogens is 456 g/mol. The molecule has 1 saturated heterocycles. The van der Waals surface area contributed by atoms with E-state index in [4.69, 9.17) is 27.9 Å². The highest BCUT2D eigenvalue weighted by molar-refractivity contribution is 6.52. The predicted molar refractivity (Wildman–Crippen MR) is 121 cm³/mol. The number of ether oxygens (including phenoxy) is 1. The van der Waals surface area contributed by atoms with Crippen molar-refractivity contribution < 1.29 is 23.8 Å². The van der Waals surface area contributed by atoms with Crippen molar-refractivity contribution in [3.05, 3.63) is 99.3 Å². The van der Waals surface area contributed by atoms with Gasteiger partial charge in [-0.1, -0.05) is 53.5 Å². The number of hydrogen-bond acceptors (Lipinski definition) is 4. The van der Waals surface area contributed by atoms with Crippen LogP contribution in [-0.2, 0) is 9.59 Å². The second-order valence-electron chi connectivity index (χ2n) is 7.02. The first kappa shape index (κ1) is 21.9. The first-order valence-corrected chi connectivity index (χ1v) is 10.2. The second-order valence-corrected chi connectivity index (χ2v) is 7.89. The zero-order valence-corrected chi connectivity index (χ0v) is 18.2. The third-order valence-electron chi connectivity index (χ3n) is 5.13. The molecule has 1 aliphatic heterocycles. The van der Waals surface area contributed by atoms with Gasteiger partial charge in [-0.3, -0.25) is 14.5 Å². The molecule has 1 N–H and O–H groups in total. The molecular formula is C24H16Cl2FNO4. The zero-order valence-electron chi connectivity index (χ0n) is 16.7. The van der Waals surface area contributed by atoms with E-state index in [0.29, 0.717) is 0 Å². The van der Waals surface area contributed by atoms with Gasteiger partial charge in [0.2, 0.25) is 0 Å². The van der Waals surface area contributed by atoms with E-state index < -0.39 is 29.3 Å². The zero-order chi connectivity index (χ0) is 23.0. The van der Waals surface area contributed by atoms with Gasteiger partial charge in [0, 0.05) is 21.3 Å². The van der Waals surface area contributed by atoms with E-state index in [1.165, 1.54) is 49.6 Å². The number of amides is 1. The Kier molecular flexibility index (Phi) is 5.91. The maximum atomic E-state index is 14.9. The second kappa shape index (κ2) is 8.65. The molecule has 1 aliphatic rings. The van der Waals surface area contributed by atoms with Gasteiger partial charge in [-0.15, -0.1) is 0 Å².